The quantitative estimate of drug-likeness (QED) is 0.928. The lowest BCUT2D eigenvalue weighted by Gasteiger charge is -2.37. The van der Waals surface area contributed by atoms with E-state index < -0.39 is 24.0 Å². The van der Waals surface area contributed by atoms with Gasteiger partial charge in [-0.3, -0.25) is 9.69 Å². The van der Waals surface area contributed by atoms with E-state index >= 15 is 0 Å². The van der Waals surface area contributed by atoms with Gasteiger partial charge in [0.05, 0.1) is 11.5 Å². The second-order valence-electron chi connectivity index (χ2n) is 5.41. The zero-order valence-electron chi connectivity index (χ0n) is 11.9. The molecule has 1 aromatic carbocycles. The molecule has 3 heterocycles. The van der Waals surface area contributed by atoms with Crippen LogP contribution in [0.25, 0.3) is 0 Å². The number of anilines is 1. The van der Waals surface area contributed by atoms with Gasteiger partial charge in [-0.1, -0.05) is 30.3 Å². The molecule has 2 saturated heterocycles. The molecule has 1 amide bonds. The van der Waals surface area contributed by atoms with Crippen LogP contribution >= 0.6 is 11.3 Å². The summed E-state index contributed by atoms with van der Waals surface area (Å²) >= 11 is 1.42. The zero-order valence-corrected chi connectivity index (χ0v) is 12.7. The summed E-state index contributed by atoms with van der Waals surface area (Å²) in [5.74, 6) is -2.84. The fraction of sp³-hybridized carbons (Fsp3) is 0.250. The minimum absolute atomic E-state index is 0.122. The van der Waals surface area contributed by atoms with Crippen LogP contribution in [0.3, 0.4) is 0 Å². The first-order valence-electron chi connectivity index (χ1n) is 7.10. The Morgan fingerprint density at radius 2 is 2.00 bits per heavy atom. The molecule has 0 aliphatic carbocycles. The largest absolute Gasteiger partial charge is 0.479 e. The number of morpholine rings is 1. The number of fused-ring (bicyclic) bond motifs is 2. The highest BCUT2D eigenvalue weighted by Crippen LogP contribution is 2.44. The summed E-state index contributed by atoms with van der Waals surface area (Å²) in [4.78, 5) is 25.7. The second kappa shape index (κ2) is 5.16. The summed E-state index contributed by atoms with van der Waals surface area (Å²) in [6.07, 6.45) is -2.46. The fourth-order valence-corrected chi connectivity index (χ4v) is 3.70. The average Bonchev–Trinajstić information content (AvgIpc) is 3.20. The SMILES string of the molecule is O=C(O)C1OC2(c3ccccc3)CN(c3cccs3)C(=O)C1O2. The van der Waals surface area contributed by atoms with Gasteiger partial charge in [0.1, 0.15) is 0 Å². The van der Waals surface area contributed by atoms with E-state index in [9.17, 15) is 14.7 Å². The number of carboxylic acids is 1. The topological polar surface area (TPSA) is 76.1 Å². The van der Waals surface area contributed by atoms with Gasteiger partial charge in [0.2, 0.25) is 5.79 Å². The minimum Gasteiger partial charge on any atom is -0.479 e. The Morgan fingerprint density at radius 3 is 2.65 bits per heavy atom. The summed E-state index contributed by atoms with van der Waals surface area (Å²) in [6.45, 7) is 0.122. The Kier molecular flexibility index (Phi) is 3.22. The molecule has 0 radical (unpaired) electrons. The number of carboxylic acid groups (broad SMARTS) is 1. The number of carbonyl (C=O) groups excluding carboxylic acids is 1. The van der Waals surface area contributed by atoms with Gasteiger partial charge in [0.15, 0.2) is 12.2 Å². The molecule has 2 aromatic rings. The predicted octanol–water partition coefficient (Wildman–Crippen LogP) is 1.82. The van der Waals surface area contributed by atoms with Crippen LogP contribution in [0.4, 0.5) is 5.00 Å². The van der Waals surface area contributed by atoms with E-state index in [-0.39, 0.29) is 12.5 Å². The molecule has 3 atom stereocenters. The molecular formula is C16H13NO5S. The number of hydrogen-bond donors (Lipinski definition) is 1. The summed E-state index contributed by atoms with van der Waals surface area (Å²) in [5, 5.41) is 12.0. The highest BCUT2D eigenvalue weighted by molar-refractivity contribution is 7.14. The molecule has 0 spiro atoms. The third-order valence-electron chi connectivity index (χ3n) is 4.01. The van der Waals surface area contributed by atoms with Crippen LogP contribution in [-0.2, 0) is 24.8 Å². The van der Waals surface area contributed by atoms with E-state index in [4.69, 9.17) is 9.47 Å². The number of benzene rings is 1. The first kappa shape index (κ1) is 14.4. The standard InChI is InChI=1S/C16H13NO5S/c18-14-12-13(15(19)20)22-16(21-12,10-5-2-1-3-6-10)9-17(14)11-7-4-8-23-11/h1-8,12-13H,9H2,(H,19,20). The molecular weight excluding hydrogens is 318 g/mol. The highest BCUT2D eigenvalue weighted by Gasteiger charge is 2.60. The molecule has 6 nitrogen and oxygen atoms in total. The van der Waals surface area contributed by atoms with Gasteiger partial charge in [-0.2, -0.15) is 0 Å². The van der Waals surface area contributed by atoms with E-state index in [0.29, 0.717) is 5.56 Å². The first-order chi connectivity index (χ1) is 11.1. The summed E-state index contributed by atoms with van der Waals surface area (Å²) < 4.78 is 11.5. The van der Waals surface area contributed by atoms with Crippen molar-refractivity contribution in [3.8, 4) is 0 Å². The van der Waals surface area contributed by atoms with Crippen molar-refractivity contribution in [1.82, 2.24) is 0 Å². The average molecular weight is 331 g/mol. The Morgan fingerprint density at radius 1 is 1.22 bits per heavy atom. The van der Waals surface area contributed by atoms with Crippen molar-refractivity contribution < 1.29 is 24.2 Å². The van der Waals surface area contributed by atoms with Gasteiger partial charge in [0.25, 0.3) is 5.91 Å². The van der Waals surface area contributed by atoms with E-state index in [0.717, 1.165) is 5.00 Å². The summed E-state index contributed by atoms with van der Waals surface area (Å²) in [6, 6.07) is 12.8. The molecule has 3 unspecified atom stereocenters. The van der Waals surface area contributed by atoms with Gasteiger partial charge in [-0.15, -0.1) is 11.3 Å². The Balaban J connectivity index is 1.80. The van der Waals surface area contributed by atoms with Crippen LogP contribution in [0.5, 0.6) is 0 Å². The lowest BCUT2D eigenvalue weighted by molar-refractivity contribution is -0.193. The van der Waals surface area contributed by atoms with Crippen molar-refractivity contribution in [2.24, 2.45) is 0 Å². The molecule has 0 saturated carbocycles. The van der Waals surface area contributed by atoms with Gasteiger partial charge in [0, 0.05) is 5.56 Å². The van der Waals surface area contributed by atoms with Crippen molar-refractivity contribution in [1.29, 1.82) is 0 Å². The number of rotatable bonds is 3. The van der Waals surface area contributed by atoms with Crippen LogP contribution in [0.1, 0.15) is 5.56 Å². The molecule has 2 aliphatic heterocycles. The normalized spacial score (nSPS) is 29.7. The van der Waals surface area contributed by atoms with Crippen molar-refractivity contribution in [3.05, 3.63) is 53.4 Å². The maximum atomic E-state index is 12.6. The number of ether oxygens (including phenoxy) is 2. The van der Waals surface area contributed by atoms with Gasteiger partial charge < -0.3 is 14.6 Å². The van der Waals surface area contributed by atoms with Gasteiger partial charge in [-0.25, -0.2) is 4.79 Å². The second-order valence-corrected chi connectivity index (χ2v) is 6.34. The summed E-state index contributed by atoms with van der Waals surface area (Å²) in [7, 11) is 0. The number of nitrogens with zero attached hydrogens (tertiary/aromatic N) is 1. The number of hydrogen-bond acceptors (Lipinski definition) is 5. The van der Waals surface area contributed by atoms with E-state index in [1.54, 1.807) is 4.90 Å². The molecule has 7 heteroatoms. The van der Waals surface area contributed by atoms with E-state index in [1.165, 1.54) is 11.3 Å². The molecule has 4 rings (SSSR count). The Labute approximate surface area is 135 Å². The molecule has 2 aliphatic rings. The third-order valence-corrected chi connectivity index (χ3v) is 4.91. The number of aliphatic carboxylic acids is 1. The third kappa shape index (κ3) is 2.16. The van der Waals surface area contributed by atoms with Crippen LogP contribution in [0.15, 0.2) is 47.8 Å². The van der Waals surface area contributed by atoms with Gasteiger partial charge >= 0.3 is 5.97 Å². The van der Waals surface area contributed by atoms with Gasteiger partial charge in [-0.05, 0) is 17.5 Å². The number of amides is 1. The smallest absolute Gasteiger partial charge is 0.336 e. The molecule has 1 N–H and O–H groups in total. The maximum Gasteiger partial charge on any atom is 0.336 e. The predicted molar refractivity (Wildman–Crippen MR) is 82.2 cm³/mol. The monoisotopic (exact) mass is 331 g/mol. The van der Waals surface area contributed by atoms with Crippen molar-refractivity contribution in [2.45, 2.75) is 18.0 Å². The summed E-state index contributed by atoms with van der Waals surface area (Å²) in [5.41, 5.74) is 0.697. The first-order valence-corrected chi connectivity index (χ1v) is 7.97. The Bertz CT molecular complexity index is 747. The molecule has 2 fully saturated rings. The van der Waals surface area contributed by atoms with Crippen LogP contribution < -0.4 is 4.90 Å². The van der Waals surface area contributed by atoms with E-state index in [2.05, 4.69) is 0 Å². The zero-order chi connectivity index (χ0) is 16.0. The molecule has 2 bridgehead atoms. The highest BCUT2D eigenvalue weighted by atomic mass is 32.1. The lowest BCUT2D eigenvalue weighted by Crippen LogP contribution is -2.54. The van der Waals surface area contributed by atoms with Crippen molar-refractivity contribution >= 4 is 28.2 Å². The lowest BCUT2D eigenvalue weighted by atomic mass is 10.0. The molecule has 118 valence electrons. The van der Waals surface area contributed by atoms with Crippen LogP contribution in [-0.4, -0.2) is 35.7 Å². The fourth-order valence-electron chi connectivity index (χ4n) is 2.97. The molecule has 23 heavy (non-hydrogen) atoms. The number of thiophene rings is 1. The minimum atomic E-state index is -1.31. The van der Waals surface area contributed by atoms with Crippen molar-refractivity contribution in [2.75, 3.05) is 11.4 Å². The number of carbonyl (C=O) groups is 2. The maximum absolute atomic E-state index is 12.6. The van der Waals surface area contributed by atoms with Crippen molar-refractivity contribution in [3.63, 3.8) is 0 Å². The van der Waals surface area contributed by atoms with Crippen LogP contribution in [0, 0.1) is 0 Å². The Hall–Kier alpha value is -2.22. The van der Waals surface area contributed by atoms with Crippen LogP contribution in [0.2, 0.25) is 0 Å². The van der Waals surface area contributed by atoms with E-state index in [1.807, 2.05) is 47.8 Å². The molecule has 1 aromatic heterocycles.